The number of anilines is 1. The van der Waals surface area contributed by atoms with E-state index >= 15 is 0 Å². The van der Waals surface area contributed by atoms with E-state index in [0.29, 0.717) is 5.92 Å². The van der Waals surface area contributed by atoms with Gasteiger partial charge in [0.1, 0.15) is 5.82 Å². The highest BCUT2D eigenvalue weighted by atomic mass is 15.3. The maximum Gasteiger partial charge on any atom is 0.132 e. The zero-order valence-electron chi connectivity index (χ0n) is 13.4. The van der Waals surface area contributed by atoms with Gasteiger partial charge in [0.2, 0.25) is 0 Å². The lowest BCUT2D eigenvalue weighted by atomic mass is 10.0. The van der Waals surface area contributed by atoms with Crippen molar-refractivity contribution in [1.29, 1.82) is 0 Å². The molecule has 3 nitrogen and oxygen atoms in total. The van der Waals surface area contributed by atoms with Gasteiger partial charge in [-0.05, 0) is 31.9 Å². The first-order valence-corrected chi connectivity index (χ1v) is 7.66. The summed E-state index contributed by atoms with van der Waals surface area (Å²) in [7, 11) is 1.95. The molecular weight excluding hydrogens is 258 g/mol. The normalized spacial score (nSPS) is 16.1. The van der Waals surface area contributed by atoms with Gasteiger partial charge in [-0.1, -0.05) is 44.2 Å². The lowest BCUT2D eigenvalue weighted by Gasteiger charge is -2.07. The third-order valence-corrected chi connectivity index (χ3v) is 3.70. The SMILES string of the molecule is CC/C=C\C(C)c1nn(C2=CC=CCC=C2)c(NC)c1C. The number of hydrogen-bond acceptors (Lipinski definition) is 2. The van der Waals surface area contributed by atoms with Crippen LogP contribution in [0.15, 0.2) is 42.5 Å². The van der Waals surface area contributed by atoms with E-state index in [4.69, 9.17) is 5.10 Å². The van der Waals surface area contributed by atoms with Crippen LogP contribution in [0.1, 0.15) is 43.9 Å². The maximum absolute atomic E-state index is 4.85. The third-order valence-electron chi connectivity index (χ3n) is 3.70. The van der Waals surface area contributed by atoms with Crippen LogP contribution in [-0.4, -0.2) is 16.8 Å². The van der Waals surface area contributed by atoms with Crippen LogP contribution in [0.25, 0.3) is 5.70 Å². The lowest BCUT2D eigenvalue weighted by molar-refractivity contribution is 0.820. The molecule has 1 unspecified atom stereocenters. The fourth-order valence-corrected chi connectivity index (χ4v) is 2.57. The van der Waals surface area contributed by atoms with Gasteiger partial charge in [-0.25, -0.2) is 4.68 Å². The van der Waals surface area contributed by atoms with Crippen LogP contribution >= 0.6 is 0 Å². The molecule has 112 valence electrons. The molecule has 1 atom stereocenters. The van der Waals surface area contributed by atoms with Crippen LogP contribution in [0, 0.1) is 6.92 Å². The van der Waals surface area contributed by atoms with Crippen molar-refractivity contribution >= 4 is 11.5 Å². The summed E-state index contributed by atoms with van der Waals surface area (Å²) in [5.74, 6) is 1.39. The van der Waals surface area contributed by atoms with Gasteiger partial charge in [0.25, 0.3) is 0 Å². The van der Waals surface area contributed by atoms with Crippen LogP contribution in [-0.2, 0) is 0 Å². The average Bonchev–Trinajstić information content (AvgIpc) is 2.68. The number of rotatable bonds is 5. The number of allylic oxidation sites excluding steroid dienone is 8. The van der Waals surface area contributed by atoms with E-state index in [1.807, 2.05) is 11.7 Å². The Morgan fingerprint density at radius 1 is 1.43 bits per heavy atom. The molecule has 1 aromatic heterocycles. The van der Waals surface area contributed by atoms with Crippen LogP contribution < -0.4 is 5.32 Å². The van der Waals surface area contributed by atoms with E-state index in [9.17, 15) is 0 Å². The summed E-state index contributed by atoms with van der Waals surface area (Å²) in [6, 6.07) is 0. The second-order valence-electron chi connectivity index (χ2n) is 5.30. The number of aromatic nitrogens is 2. The van der Waals surface area contributed by atoms with Gasteiger partial charge in [-0.3, -0.25) is 0 Å². The molecule has 1 aliphatic rings. The largest absolute Gasteiger partial charge is 0.373 e. The molecule has 0 aliphatic heterocycles. The van der Waals surface area contributed by atoms with Crippen molar-refractivity contribution in [3.05, 3.63) is 53.8 Å². The molecule has 1 N–H and O–H groups in total. The molecule has 1 heterocycles. The molecular formula is C18H25N3. The Labute approximate surface area is 127 Å². The topological polar surface area (TPSA) is 29.9 Å². The Kier molecular flexibility index (Phi) is 5.20. The molecule has 0 bridgehead atoms. The molecule has 0 aromatic carbocycles. The standard InChI is InChI=1S/C18H25N3/c1-5-6-11-14(2)17-15(3)18(19-4)21(20-17)16-12-9-7-8-10-13-16/h6-7,9-14,19H,5,8H2,1-4H3/b11-6-. The molecule has 0 fully saturated rings. The quantitative estimate of drug-likeness (QED) is 0.796. The molecule has 0 amide bonds. The summed E-state index contributed by atoms with van der Waals surface area (Å²) in [5.41, 5.74) is 3.44. The van der Waals surface area contributed by atoms with Gasteiger partial charge in [-0.15, -0.1) is 0 Å². The second kappa shape index (κ2) is 7.11. The van der Waals surface area contributed by atoms with E-state index in [-0.39, 0.29) is 0 Å². The molecule has 2 rings (SSSR count). The first kappa shape index (κ1) is 15.4. The summed E-state index contributed by atoms with van der Waals surface area (Å²) in [6.07, 6.45) is 17.1. The highest BCUT2D eigenvalue weighted by Crippen LogP contribution is 2.29. The van der Waals surface area contributed by atoms with Crippen molar-refractivity contribution < 1.29 is 0 Å². The van der Waals surface area contributed by atoms with Crippen molar-refractivity contribution in [2.45, 2.75) is 39.5 Å². The van der Waals surface area contributed by atoms with Crippen molar-refractivity contribution in [2.24, 2.45) is 0 Å². The first-order valence-electron chi connectivity index (χ1n) is 7.66. The van der Waals surface area contributed by atoms with Gasteiger partial charge in [0, 0.05) is 18.5 Å². The molecule has 21 heavy (non-hydrogen) atoms. The molecule has 1 aromatic rings. The molecule has 1 aliphatic carbocycles. The predicted molar refractivity (Wildman–Crippen MR) is 91.5 cm³/mol. The third kappa shape index (κ3) is 3.35. The highest BCUT2D eigenvalue weighted by Gasteiger charge is 2.18. The Morgan fingerprint density at radius 2 is 2.24 bits per heavy atom. The minimum atomic E-state index is 0.323. The minimum Gasteiger partial charge on any atom is -0.373 e. The van der Waals surface area contributed by atoms with Gasteiger partial charge >= 0.3 is 0 Å². The summed E-state index contributed by atoms with van der Waals surface area (Å²) in [5, 5.41) is 8.14. The Morgan fingerprint density at radius 3 is 2.95 bits per heavy atom. The molecule has 0 saturated carbocycles. The number of nitrogens with zero attached hydrogens (tertiary/aromatic N) is 2. The van der Waals surface area contributed by atoms with E-state index in [2.05, 4.69) is 68.6 Å². The van der Waals surface area contributed by atoms with Gasteiger partial charge in [-0.2, -0.15) is 5.10 Å². The summed E-state index contributed by atoms with van der Waals surface area (Å²) >= 11 is 0. The van der Waals surface area contributed by atoms with Gasteiger partial charge in [0.15, 0.2) is 0 Å². The molecule has 0 radical (unpaired) electrons. The van der Waals surface area contributed by atoms with Crippen molar-refractivity contribution in [1.82, 2.24) is 9.78 Å². The lowest BCUT2D eigenvalue weighted by Crippen LogP contribution is -2.03. The van der Waals surface area contributed by atoms with Crippen LogP contribution in [0.3, 0.4) is 0 Å². The van der Waals surface area contributed by atoms with E-state index in [1.54, 1.807) is 0 Å². The average molecular weight is 283 g/mol. The first-order chi connectivity index (χ1) is 10.2. The zero-order chi connectivity index (χ0) is 15.2. The number of hydrogen-bond donors (Lipinski definition) is 1. The van der Waals surface area contributed by atoms with Crippen LogP contribution in [0.5, 0.6) is 0 Å². The summed E-state index contributed by atoms with van der Waals surface area (Å²) in [6.45, 7) is 6.49. The van der Waals surface area contributed by atoms with E-state index < -0.39 is 0 Å². The Bertz CT molecular complexity index is 600. The summed E-state index contributed by atoms with van der Waals surface area (Å²) in [4.78, 5) is 0. The predicted octanol–water partition coefficient (Wildman–Crippen LogP) is 4.66. The molecule has 0 saturated heterocycles. The van der Waals surface area contributed by atoms with Crippen molar-refractivity contribution in [3.8, 4) is 0 Å². The molecule has 0 spiro atoms. The second-order valence-corrected chi connectivity index (χ2v) is 5.30. The summed E-state index contributed by atoms with van der Waals surface area (Å²) < 4.78 is 2.01. The zero-order valence-corrected chi connectivity index (χ0v) is 13.4. The van der Waals surface area contributed by atoms with E-state index in [1.165, 1.54) is 5.56 Å². The van der Waals surface area contributed by atoms with Gasteiger partial charge in [0.05, 0.1) is 11.4 Å². The van der Waals surface area contributed by atoms with Crippen LogP contribution in [0.2, 0.25) is 0 Å². The Balaban J connectivity index is 2.45. The highest BCUT2D eigenvalue weighted by molar-refractivity contribution is 5.66. The fourth-order valence-electron chi connectivity index (χ4n) is 2.57. The van der Waals surface area contributed by atoms with Crippen LogP contribution in [0.4, 0.5) is 5.82 Å². The van der Waals surface area contributed by atoms with Crippen molar-refractivity contribution in [3.63, 3.8) is 0 Å². The smallest absolute Gasteiger partial charge is 0.132 e. The fraction of sp³-hybridized carbons (Fsp3) is 0.389. The van der Waals surface area contributed by atoms with E-state index in [0.717, 1.165) is 30.1 Å². The number of nitrogens with one attached hydrogen (secondary N) is 1. The van der Waals surface area contributed by atoms with Crippen molar-refractivity contribution in [2.75, 3.05) is 12.4 Å². The Hall–Kier alpha value is -2.03. The molecule has 3 heteroatoms. The van der Waals surface area contributed by atoms with Gasteiger partial charge < -0.3 is 5.32 Å². The minimum absolute atomic E-state index is 0.323. The maximum atomic E-state index is 4.85. The monoisotopic (exact) mass is 283 g/mol.